The highest BCUT2D eigenvalue weighted by atomic mass is 32.2. The molecule has 0 aliphatic heterocycles. The monoisotopic (exact) mass is 460 g/mol. The van der Waals surface area contributed by atoms with E-state index in [2.05, 4.69) is 10.0 Å². The summed E-state index contributed by atoms with van der Waals surface area (Å²) in [7, 11) is -3.73. The highest BCUT2D eigenvalue weighted by Crippen LogP contribution is 2.23. The lowest BCUT2D eigenvalue weighted by atomic mass is 9.97. The molecule has 0 fully saturated rings. The lowest BCUT2D eigenvalue weighted by Gasteiger charge is -2.20. The molecule has 1 amide bonds. The number of benzene rings is 3. The van der Waals surface area contributed by atoms with Gasteiger partial charge in [-0.25, -0.2) is 13.1 Å². The first-order valence-electron chi connectivity index (χ1n) is 10.5. The Morgan fingerprint density at radius 3 is 2.15 bits per heavy atom. The molecule has 0 radical (unpaired) electrons. The van der Waals surface area contributed by atoms with Gasteiger partial charge in [0.2, 0.25) is 10.0 Å². The van der Waals surface area contributed by atoms with Crippen LogP contribution in [0.3, 0.4) is 0 Å². The van der Waals surface area contributed by atoms with Gasteiger partial charge < -0.3 is 9.73 Å². The summed E-state index contributed by atoms with van der Waals surface area (Å²) < 4.78 is 32.7. The van der Waals surface area contributed by atoms with Crippen molar-refractivity contribution in [3.63, 3.8) is 0 Å². The van der Waals surface area contributed by atoms with Crippen LogP contribution < -0.4 is 10.0 Å². The summed E-state index contributed by atoms with van der Waals surface area (Å²) in [6.07, 6.45) is 1.48. The topological polar surface area (TPSA) is 88.4 Å². The summed E-state index contributed by atoms with van der Waals surface area (Å²) in [6, 6.07) is 26.6. The van der Waals surface area contributed by atoms with E-state index in [0.717, 1.165) is 16.7 Å². The van der Waals surface area contributed by atoms with E-state index in [1.165, 1.54) is 30.5 Å². The summed E-state index contributed by atoms with van der Waals surface area (Å²) in [5.74, 6) is 0.217. The van der Waals surface area contributed by atoms with Crippen molar-refractivity contribution in [1.29, 1.82) is 0 Å². The number of aryl methyl sites for hydroxylation is 1. The number of amides is 1. The molecule has 33 heavy (non-hydrogen) atoms. The van der Waals surface area contributed by atoms with Gasteiger partial charge in [0.25, 0.3) is 5.91 Å². The molecule has 0 spiro atoms. The SMILES string of the molecule is Cc1ccc(C(NC(=O)c2ccc(S(=O)(=O)NCc3ccco3)cc2)c2ccccc2)cc1. The molecule has 1 aromatic heterocycles. The van der Waals surface area contributed by atoms with Crippen molar-refractivity contribution < 1.29 is 17.6 Å². The minimum Gasteiger partial charge on any atom is -0.468 e. The van der Waals surface area contributed by atoms with Gasteiger partial charge >= 0.3 is 0 Å². The maximum Gasteiger partial charge on any atom is 0.252 e. The Bertz CT molecular complexity index is 1300. The summed E-state index contributed by atoms with van der Waals surface area (Å²) in [4.78, 5) is 13.1. The molecule has 1 heterocycles. The highest BCUT2D eigenvalue weighted by Gasteiger charge is 2.19. The number of nitrogens with one attached hydrogen (secondary N) is 2. The van der Waals surface area contributed by atoms with Crippen LogP contribution in [0.15, 0.2) is 107 Å². The molecule has 4 aromatic rings. The van der Waals surface area contributed by atoms with Gasteiger partial charge in [-0.15, -0.1) is 0 Å². The number of carbonyl (C=O) groups excluding carboxylic acids is 1. The quantitative estimate of drug-likeness (QED) is 0.403. The third kappa shape index (κ3) is 5.58. The van der Waals surface area contributed by atoms with Crippen LogP contribution in [0.2, 0.25) is 0 Å². The molecular weight excluding hydrogens is 436 g/mol. The van der Waals surface area contributed by atoms with Crippen LogP contribution in [0.25, 0.3) is 0 Å². The lowest BCUT2D eigenvalue weighted by Crippen LogP contribution is -2.29. The molecular formula is C26H24N2O4S. The minimum atomic E-state index is -3.73. The van der Waals surface area contributed by atoms with Crippen LogP contribution in [0.4, 0.5) is 0 Å². The third-order valence-electron chi connectivity index (χ3n) is 5.26. The number of hydrogen-bond acceptors (Lipinski definition) is 4. The van der Waals surface area contributed by atoms with E-state index < -0.39 is 10.0 Å². The van der Waals surface area contributed by atoms with Crippen molar-refractivity contribution in [2.24, 2.45) is 0 Å². The normalized spacial score (nSPS) is 12.3. The van der Waals surface area contributed by atoms with Gasteiger partial charge in [-0.3, -0.25) is 4.79 Å². The number of furan rings is 1. The molecule has 2 N–H and O–H groups in total. The first-order valence-corrected chi connectivity index (χ1v) is 12.0. The summed E-state index contributed by atoms with van der Waals surface area (Å²) >= 11 is 0. The fraction of sp³-hybridized carbons (Fsp3) is 0.115. The van der Waals surface area contributed by atoms with E-state index >= 15 is 0 Å². The van der Waals surface area contributed by atoms with Gasteiger partial charge in [-0.2, -0.15) is 0 Å². The second-order valence-corrected chi connectivity index (χ2v) is 9.42. The molecule has 0 aliphatic carbocycles. The van der Waals surface area contributed by atoms with Crippen LogP contribution in [-0.4, -0.2) is 14.3 Å². The lowest BCUT2D eigenvalue weighted by molar-refractivity contribution is 0.0943. The molecule has 0 saturated heterocycles. The average molecular weight is 461 g/mol. The van der Waals surface area contributed by atoms with Crippen LogP contribution in [0.5, 0.6) is 0 Å². The molecule has 6 nitrogen and oxygen atoms in total. The second-order valence-electron chi connectivity index (χ2n) is 7.66. The zero-order valence-electron chi connectivity index (χ0n) is 18.1. The number of carbonyl (C=O) groups is 1. The summed E-state index contributed by atoms with van der Waals surface area (Å²) in [5.41, 5.74) is 3.42. The van der Waals surface area contributed by atoms with Crippen LogP contribution in [-0.2, 0) is 16.6 Å². The first kappa shape index (κ1) is 22.5. The van der Waals surface area contributed by atoms with Crippen molar-refractivity contribution in [2.45, 2.75) is 24.4 Å². The second kappa shape index (κ2) is 9.85. The fourth-order valence-electron chi connectivity index (χ4n) is 3.43. The van der Waals surface area contributed by atoms with E-state index in [9.17, 15) is 13.2 Å². The fourth-order valence-corrected chi connectivity index (χ4v) is 4.42. The van der Waals surface area contributed by atoms with Crippen molar-refractivity contribution >= 4 is 15.9 Å². The standard InChI is InChI=1S/C26H24N2O4S/c1-19-9-11-21(12-10-19)25(20-6-3-2-4-7-20)28-26(29)22-13-15-24(16-14-22)33(30,31)27-18-23-8-5-17-32-23/h2-17,25,27H,18H2,1H3,(H,28,29). The van der Waals surface area contributed by atoms with Crippen molar-refractivity contribution in [1.82, 2.24) is 10.0 Å². The van der Waals surface area contributed by atoms with Gasteiger partial charge in [0.05, 0.1) is 23.7 Å². The highest BCUT2D eigenvalue weighted by molar-refractivity contribution is 7.89. The molecule has 0 saturated carbocycles. The molecule has 0 aliphatic rings. The van der Waals surface area contributed by atoms with Crippen LogP contribution in [0, 0.1) is 6.92 Å². The summed E-state index contributed by atoms with van der Waals surface area (Å²) in [6.45, 7) is 2.06. The predicted octanol–water partition coefficient (Wildman–Crippen LogP) is 4.59. The van der Waals surface area contributed by atoms with Crippen molar-refractivity contribution in [3.05, 3.63) is 125 Å². The maximum absolute atomic E-state index is 13.0. The van der Waals surface area contributed by atoms with Gasteiger partial charge in [0.1, 0.15) is 5.76 Å². The Balaban J connectivity index is 1.51. The van der Waals surface area contributed by atoms with Gasteiger partial charge in [0.15, 0.2) is 0 Å². The number of rotatable bonds is 8. The molecule has 0 bridgehead atoms. The molecule has 168 valence electrons. The van der Waals surface area contributed by atoms with Crippen molar-refractivity contribution in [2.75, 3.05) is 0 Å². The van der Waals surface area contributed by atoms with E-state index in [1.54, 1.807) is 12.1 Å². The van der Waals surface area contributed by atoms with Crippen LogP contribution >= 0.6 is 0 Å². The largest absolute Gasteiger partial charge is 0.468 e. The Morgan fingerprint density at radius 2 is 1.52 bits per heavy atom. The first-order chi connectivity index (χ1) is 15.9. The van der Waals surface area contributed by atoms with Gasteiger partial charge in [-0.05, 0) is 54.4 Å². The minimum absolute atomic E-state index is 0.0485. The molecule has 3 aromatic carbocycles. The van der Waals surface area contributed by atoms with Gasteiger partial charge in [-0.1, -0.05) is 60.2 Å². The Morgan fingerprint density at radius 1 is 0.848 bits per heavy atom. The molecule has 7 heteroatoms. The molecule has 1 atom stereocenters. The zero-order chi connectivity index (χ0) is 23.3. The zero-order valence-corrected chi connectivity index (χ0v) is 18.9. The number of sulfonamides is 1. The predicted molar refractivity (Wildman–Crippen MR) is 126 cm³/mol. The Kier molecular flexibility index (Phi) is 6.72. The number of hydrogen-bond donors (Lipinski definition) is 2. The maximum atomic E-state index is 13.0. The molecule has 1 unspecified atom stereocenters. The summed E-state index contributed by atoms with van der Waals surface area (Å²) in [5, 5.41) is 3.07. The van der Waals surface area contributed by atoms with E-state index in [0.29, 0.717) is 11.3 Å². The molecule has 4 rings (SSSR count). The Labute approximate surface area is 193 Å². The van der Waals surface area contributed by atoms with Crippen LogP contribution in [0.1, 0.15) is 38.9 Å². The van der Waals surface area contributed by atoms with E-state index in [1.807, 2.05) is 61.5 Å². The van der Waals surface area contributed by atoms with E-state index in [4.69, 9.17) is 4.42 Å². The van der Waals surface area contributed by atoms with E-state index in [-0.39, 0.29) is 23.4 Å². The van der Waals surface area contributed by atoms with Crippen molar-refractivity contribution in [3.8, 4) is 0 Å². The smallest absolute Gasteiger partial charge is 0.252 e. The Hall–Kier alpha value is -3.68. The average Bonchev–Trinajstić information content (AvgIpc) is 3.36. The van der Waals surface area contributed by atoms with Gasteiger partial charge in [0, 0.05) is 5.56 Å². The third-order valence-corrected chi connectivity index (χ3v) is 6.68.